The van der Waals surface area contributed by atoms with Gasteiger partial charge in [-0.15, -0.1) is 0 Å². The number of rotatable bonds is 1. The molecule has 0 radical (unpaired) electrons. The van der Waals surface area contributed by atoms with Crippen molar-refractivity contribution >= 4 is 0 Å². The Kier molecular flexibility index (Phi) is 2.23. The largest absolute Gasteiger partial charge is 0.353 e. The smallest absolute Gasteiger partial charge is 0.101 e. The molecule has 0 spiro atoms. The summed E-state index contributed by atoms with van der Waals surface area (Å²) in [7, 11) is 1.99. The highest BCUT2D eigenvalue weighted by Gasteiger charge is 2.11. The molecule has 0 aliphatic carbocycles. The van der Waals surface area contributed by atoms with Gasteiger partial charge in [0.1, 0.15) is 6.07 Å². The summed E-state index contributed by atoms with van der Waals surface area (Å²) in [5, 5.41) is 8.77. The van der Waals surface area contributed by atoms with Crippen molar-refractivity contribution in [2.75, 3.05) is 0 Å². The summed E-state index contributed by atoms with van der Waals surface area (Å²) in [5.41, 5.74) is 3.17. The van der Waals surface area contributed by atoms with Gasteiger partial charge < -0.3 is 4.57 Å². The molecule has 12 heavy (non-hydrogen) atoms. The first-order valence-corrected chi connectivity index (χ1v) is 4.13. The second kappa shape index (κ2) is 3.02. The lowest BCUT2D eigenvalue weighted by Crippen LogP contribution is -1.98. The topological polar surface area (TPSA) is 28.7 Å². The van der Waals surface area contributed by atoms with Crippen LogP contribution in [0, 0.1) is 18.3 Å². The Hall–Kier alpha value is -1.23. The maximum Gasteiger partial charge on any atom is 0.101 e. The van der Waals surface area contributed by atoms with Gasteiger partial charge in [-0.3, -0.25) is 0 Å². The summed E-state index contributed by atoms with van der Waals surface area (Å²) >= 11 is 0. The fourth-order valence-electron chi connectivity index (χ4n) is 1.72. The molecular formula is C10H14N2. The van der Waals surface area contributed by atoms with Crippen molar-refractivity contribution in [3.63, 3.8) is 0 Å². The van der Waals surface area contributed by atoms with Crippen LogP contribution in [0.5, 0.6) is 0 Å². The van der Waals surface area contributed by atoms with Crippen LogP contribution in [0.15, 0.2) is 6.20 Å². The van der Waals surface area contributed by atoms with Crippen LogP contribution in [0.25, 0.3) is 0 Å². The lowest BCUT2D eigenvalue weighted by molar-refractivity contribution is 0.735. The normalized spacial score (nSPS) is 10.3. The van der Waals surface area contributed by atoms with Gasteiger partial charge in [-0.2, -0.15) is 5.26 Å². The summed E-state index contributed by atoms with van der Waals surface area (Å²) in [4.78, 5) is 0. The quantitative estimate of drug-likeness (QED) is 0.623. The monoisotopic (exact) mass is 162 g/mol. The van der Waals surface area contributed by atoms with Crippen LogP contribution in [0.4, 0.5) is 0 Å². The molecule has 0 bridgehead atoms. The van der Waals surface area contributed by atoms with Crippen molar-refractivity contribution in [2.24, 2.45) is 7.05 Å². The van der Waals surface area contributed by atoms with Crippen LogP contribution >= 0.6 is 0 Å². The van der Waals surface area contributed by atoms with Crippen LogP contribution in [0.2, 0.25) is 0 Å². The van der Waals surface area contributed by atoms with E-state index >= 15 is 0 Å². The number of aryl methyl sites for hydroxylation is 1. The van der Waals surface area contributed by atoms with Crippen LogP contribution in [-0.2, 0) is 7.05 Å². The average molecular weight is 162 g/mol. The van der Waals surface area contributed by atoms with E-state index in [-0.39, 0.29) is 0 Å². The lowest BCUT2D eigenvalue weighted by Gasteiger charge is -2.07. The predicted molar refractivity (Wildman–Crippen MR) is 49.0 cm³/mol. The summed E-state index contributed by atoms with van der Waals surface area (Å²) in [6.45, 7) is 6.29. The highest BCUT2D eigenvalue weighted by Crippen LogP contribution is 2.22. The van der Waals surface area contributed by atoms with Gasteiger partial charge in [0.25, 0.3) is 0 Å². The minimum absolute atomic E-state index is 0.483. The molecule has 0 unspecified atom stereocenters. The molecule has 0 atom stereocenters. The van der Waals surface area contributed by atoms with E-state index in [0.29, 0.717) is 5.92 Å². The highest BCUT2D eigenvalue weighted by molar-refractivity contribution is 5.41. The standard InChI is InChI=1S/C10H14N2/c1-7(2)10-8(3)9(5-11)6-12(10)4/h6-7H,1-4H3. The van der Waals surface area contributed by atoms with E-state index < -0.39 is 0 Å². The maximum atomic E-state index is 8.77. The van der Waals surface area contributed by atoms with Gasteiger partial charge in [-0.05, 0) is 18.4 Å². The molecule has 0 saturated heterocycles. The lowest BCUT2D eigenvalue weighted by atomic mass is 10.0. The Morgan fingerprint density at radius 1 is 1.50 bits per heavy atom. The molecule has 64 valence electrons. The summed E-state index contributed by atoms with van der Waals surface area (Å²) in [6.07, 6.45) is 1.89. The van der Waals surface area contributed by atoms with E-state index in [1.54, 1.807) is 0 Å². The molecule has 2 nitrogen and oxygen atoms in total. The number of hydrogen-bond acceptors (Lipinski definition) is 1. The minimum Gasteiger partial charge on any atom is -0.353 e. The van der Waals surface area contributed by atoms with E-state index in [2.05, 4.69) is 19.9 Å². The summed E-state index contributed by atoms with van der Waals surface area (Å²) in [6, 6.07) is 2.19. The Bertz CT molecular complexity index is 326. The second-order valence-electron chi connectivity index (χ2n) is 3.43. The van der Waals surface area contributed by atoms with E-state index in [1.807, 2.05) is 24.7 Å². The van der Waals surface area contributed by atoms with Crippen LogP contribution in [0.3, 0.4) is 0 Å². The Morgan fingerprint density at radius 2 is 2.08 bits per heavy atom. The fraction of sp³-hybridized carbons (Fsp3) is 0.500. The van der Waals surface area contributed by atoms with Crippen molar-refractivity contribution in [1.82, 2.24) is 4.57 Å². The van der Waals surface area contributed by atoms with Gasteiger partial charge in [0.2, 0.25) is 0 Å². The first-order valence-electron chi connectivity index (χ1n) is 4.13. The van der Waals surface area contributed by atoms with Gasteiger partial charge in [-0.1, -0.05) is 13.8 Å². The van der Waals surface area contributed by atoms with Crippen molar-refractivity contribution in [2.45, 2.75) is 26.7 Å². The van der Waals surface area contributed by atoms with E-state index in [9.17, 15) is 0 Å². The molecule has 0 N–H and O–H groups in total. The van der Waals surface area contributed by atoms with Crippen molar-refractivity contribution in [3.05, 3.63) is 23.0 Å². The summed E-state index contributed by atoms with van der Waals surface area (Å²) in [5.74, 6) is 0.483. The first kappa shape index (κ1) is 8.86. The molecule has 0 aliphatic rings. The van der Waals surface area contributed by atoms with Crippen molar-refractivity contribution < 1.29 is 0 Å². The van der Waals surface area contributed by atoms with Gasteiger partial charge in [0, 0.05) is 18.9 Å². The molecule has 2 heteroatoms. The zero-order chi connectivity index (χ0) is 9.30. The second-order valence-corrected chi connectivity index (χ2v) is 3.43. The highest BCUT2D eigenvalue weighted by atomic mass is 14.9. The molecule has 0 aliphatic heterocycles. The van der Waals surface area contributed by atoms with Crippen LogP contribution in [-0.4, -0.2) is 4.57 Å². The SMILES string of the molecule is Cc1c(C#N)cn(C)c1C(C)C. The molecule has 0 saturated carbocycles. The average Bonchev–Trinajstić information content (AvgIpc) is 2.25. The molecule has 1 aromatic heterocycles. The zero-order valence-corrected chi connectivity index (χ0v) is 8.05. The molecule has 0 amide bonds. The van der Waals surface area contributed by atoms with Crippen molar-refractivity contribution in [3.8, 4) is 6.07 Å². The minimum atomic E-state index is 0.483. The fourth-order valence-corrected chi connectivity index (χ4v) is 1.72. The maximum absolute atomic E-state index is 8.77. The van der Waals surface area contributed by atoms with Gasteiger partial charge >= 0.3 is 0 Å². The molecule has 1 rings (SSSR count). The van der Waals surface area contributed by atoms with Crippen molar-refractivity contribution in [1.29, 1.82) is 5.26 Å². The van der Waals surface area contributed by atoms with Crippen LogP contribution < -0.4 is 0 Å². The number of nitrogens with zero attached hydrogens (tertiary/aromatic N) is 2. The molecule has 0 fully saturated rings. The number of aromatic nitrogens is 1. The Balaban J connectivity index is 3.31. The number of nitriles is 1. The zero-order valence-electron chi connectivity index (χ0n) is 8.05. The summed E-state index contributed by atoms with van der Waals surface area (Å²) < 4.78 is 2.04. The Morgan fingerprint density at radius 3 is 2.33 bits per heavy atom. The number of hydrogen-bond donors (Lipinski definition) is 0. The Labute approximate surface area is 73.4 Å². The predicted octanol–water partition coefficient (Wildman–Crippen LogP) is 2.33. The van der Waals surface area contributed by atoms with Crippen LogP contribution in [0.1, 0.15) is 36.6 Å². The van der Waals surface area contributed by atoms with E-state index in [1.165, 1.54) is 5.69 Å². The van der Waals surface area contributed by atoms with Gasteiger partial charge in [-0.25, -0.2) is 0 Å². The third-order valence-corrected chi connectivity index (χ3v) is 2.16. The third-order valence-electron chi connectivity index (χ3n) is 2.16. The third kappa shape index (κ3) is 1.23. The molecule has 0 aromatic carbocycles. The molecule has 1 heterocycles. The van der Waals surface area contributed by atoms with E-state index in [0.717, 1.165) is 11.1 Å². The van der Waals surface area contributed by atoms with E-state index in [4.69, 9.17) is 5.26 Å². The van der Waals surface area contributed by atoms with Gasteiger partial charge in [0.05, 0.1) is 5.56 Å². The molecular weight excluding hydrogens is 148 g/mol. The molecule has 1 aromatic rings. The first-order chi connectivity index (χ1) is 5.57. The van der Waals surface area contributed by atoms with Gasteiger partial charge in [0.15, 0.2) is 0 Å².